The van der Waals surface area contributed by atoms with Crippen molar-refractivity contribution in [2.45, 2.75) is 19.9 Å². The summed E-state index contributed by atoms with van der Waals surface area (Å²) < 4.78 is 6.47. The topological polar surface area (TPSA) is 68.2 Å². The predicted molar refractivity (Wildman–Crippen MR) is 85.0 cm³/mol. The zero-order chi connectivity index (χ0) is 13.8. The lowest BCUT2D eigenvalue weighted by atomic mass is 10.2. The van der Waals surface area contributed by atoms with Crippen molar-refractivity contribution in [3.63, 3.8) is 0 Å². The third kappa shape index (κ3) is 3.74. The van der Waals surface area contributed by atoms with Crippen molar-refractivity contribution in [1.29, 1.82) is 0 Å². The van der Waals surface area contributed by atoms with Gasteiger partial charge < -0.3 is 15.2 Å². The Morgan fingerprint density at radius 1 is 1.47 bits per heavy atom. The van der Waals surface area contributed by atoms with Gasteiger partial charge in [0.2, 0.25) is 0 Å². The minimum atomic E-state index is -0.213. The molecule has 0 aliphatic heterocycles. The molecule has 104 valence electrons. The molecular formula is C12H17IN4OS. The fourth-order valence-electron chi connectivity index (χ4n) is 1.77. The number of aromatic nitrogens is 2. The van der Waals surface area contributed by atoms with Crippen LogP contribution in [0.5, 0.6) is 0 Å². The van der Waals surface area contributed by atoms with Crippen molar-refractivity contribution < 1.29 is 4.52 Å². The molecule has 19 heavy (non-hydrogen) atoms. The average molecular weight is 392 g/mol. The Morgan fingerprint density at radius 2 is 2.21 bits per heavy atom. The molecule has 0 fully saturated rings. The highest BCUT2D eigenvalue weighted by Crippen LogP contribution is 2.25. The first-order chi connectivity index (χ1) is 9.13. The summed E-state index contributed by atoms with van der Waals surface area (Å²) in [6, 6.07) is 1.81. The molecule has 0 amide bonds. The van der Waals surface area contributed by atoms with Gasteiger partial charge in [-0.05, 0) is 41.7 Å². The summed E-state index contributed by atoms with van der Waals surface area (Å²) in [4.78, 5) is 6.63. The molecule has 0 saturated heterocycles. The van der Waals surface area contributed by atoms with Gasteiger partial charge in [0.15, 0.2) is 5.82 Å². The Bertz CT molecular complexity index is 523. The Morgan fingerprint density at radius 3 is 2.79 bits per heavy atom. The maximum Gasteiger partial charge on any atom is 0.258 e. The van der Waals surface area contributed by atoms with E-state index in [2.05, 4.69) is 51.5 Å². The Hall–Kier alpha value is -0.510. The lowest BCUT2D eigenvalue weighted by Crippen LogP contribution is -2.32. The van der Waals surface area contributed by atoms with E-state index in [4.69, 9.17) is 10.3 Å². The third-order valence-corrected chi connectivity index (χ3v) is 4.73. The highest BCUT2D eigenvalue weighted by Gasteiger charge is 2.17. The molecule has 2 rings (SSSR count). The molecule has 2 N–H and O–H groups in total. The van der Waals surface area contributed by atoms with E-state index in [1.807, 2.05) is 11.4 Å². The summed E-state index contributed by atoms with van der Waals surface area (Å²) in [5.41, 5.74) is 7.08. The fourth-order valence-corrected chi connectivity index (χ4v) is 3.09. The number of nitrogens with zero attached hydrogens (tertiary/aromatic N) is 3. The number of likely N-dealkylation sites (N-methyl/N-ethyl adjacent to an activating group) is 1. The average Bonchev–Trinajstić information content (AvgIpc) is 3.04. The monoisotopic (exact) mass is 392 g/mol. The zero-order valence-corrected chi connectivity index (χ0v) is 13.9. The van der Waals surface area contributed by atoms with E-state index in [0.717, 1.165) is 25.2 Å². The molecule has 0 aromatic carbocycles. The molecule has 0 aliphatic rings. The largest absolute Gasteiger partial charge is 0.334 e. The molecular weight excluding hydrogens is 375 g/mol. The Kier molecular flexibility index (Phi) is 5.31. The van der Waals surface area contributed by atoms with E-state index >= 15 is 0 Å². The van der Waals surface area contributed by atoms with Gasteiger partial charge in [-0.25, -0.2) is 0 Å². The van der Waals surface area contributed by atoms with Crippen LogP contribution < -0.4 is 5.73 Å². The SMILES string of the molecule is CCN(CC)CC(N)c1noc(-c2csc(I)c2)n1. The van der Waals surface area contributed by atoms with Crippen LogP contribution in [0.3, 0.4) is 0 Å². The van der Waals surface area contributed by atoms with Crippen molar-refractivity contribution in [3.8, 4) is 11.5 Å². The number of hydrogen-bond donors (Lipinski definition) is 1. The quantitative estimate of drug-likeness (QED) is 0.766. The zero-order valence-electron chi connectivity index (χ0n) is 11.0. The van der Waals surface area contributed by atoms with Crippen LogP contribution in [-0.4, -0.2) is 34.7 Å². The molecule has 0 radical (unpaired) electrons. The molecule has 1 unspecified atom stereocenters. The van der Waals surface area contributed by atoms with Crippen LogP contribution in [0.2, 0.25) is 0 Å². The second kappa shape index (κ2) is 6.78. The summed E-state index contributed by atoms with van der Waals surface area (Å²) >= 11 is 3.93. The molecule has 2 aromatic heterocycles. The van der Waals surface area contributed by atoms with Crippen LogP contribution in [-0.2, 0) is 0 Å². The standard InChI is InChI=1S/C12H17IN4OS/c1-3-17(4-2)6-9(14)11-15-12(18-16-11)8-5-10(13)19-7-8/h5,7,9H,3-4,6,14H2,1-2H3. The maximum absolute atomic E-state index is 6.12. The number of halogens is 1. The van der Waals surface area contributed by atoms with E-state index in [0.29, 0.717) is 11.7 Å². The highest BCUT2D eigenvalue weighted by molar-refractivity contribution is 14.1. The van der Waals surface area contributed by atoms with Crippen LogP contribution in [0.1, 0.15) is 25.7 Å². The van der Waals surface area contributed by atoms with Gasteiger partial charge in [-0.2, -0.15) is 4.98 Å². The van der Waals surface area contributed by atoms with E-state index in [1.54, 1.807) is 11.3 Å². The molecule has 2 heterocycles. The Balaban J connectivity index is 2.08. The van der Waals surface area contributed by atoms with Gasteiger partial charge in [0.1, 0.15) is 0 Å². The number of rotatable bonds is 6. The van der Waals surface area contributed by atoms with Crippen molar-refractivity contribution in [2.24, 2.45) is 5.73 Å². The number of thiophene rings is 1. The van der Waals surface area contributed by atoms with Gasteiger partial charge in [0.05, 0.1) is 14.5 Å². The van der Waals surface area contributed by atoms with E-state index in [1.165, 1.54) is 2.88 Å². The smallest absolute Gasteiger partial charge is 0.258 e. The second-order valence-corrected chi connectivity index (χ2v) is 6.99. The normalized spacial score (nSPS) is 13.1. The first-order valence-corrected chi connectivity index (χ1v) is 8.15. The van der Waals surface area contributed by atoms with Crippen molar-refractivity contribution in [1.82, 2.24) is 15.0 Å². The van der Waals surface area contributed by atoms with Gasteiger partial charge in [-0.15, -0.1) is 11.3 Å². The molecule has 0 aliphatic carbocycles. The lowest BCUT2D eigenvalue weighted by Gasteiger charge is -2.20. The van der Waals surface area contributed by atoms with Crippen molar-refractivity contribution in [2.75, 3.05) is 19.6 Å². The van der Waals surface area contributed by atoms with E-state index in [-0.39, 0.29) is 6.04 Å². The van der Waals surface area contributed by atoms with Gasteiger partial charge in [-0.3, -0.25) is 0 Å². The molecule has 5 nitrogen and oxygen atoms in total. The second-order valence-electron chi connectivity index (χ2n) is 4.19. The minimum Gasteiger partial charge on any atom is -0.334 e. The van der Waals surface area contributed by atoms with Crippen LogP contribution in [0.15, 0.2) is 16.0 Å². The Labute approximate surface area is 130 Å². The summed E-state index contributed by atoms with van der Waals surface area (Å²) in [5.74, 6) is 1.12. The van der Waals surface area contributed by atoms with E-state index < -0.39 is 0 Å². The number of nitrogens with two attached hydrogens (primary N) is 1. The fraction of sp³-hybridized carbons (Fsp3) is 0.500. The highest BCUT2D eigenvalue weighted by atomic mass is 127. The van der Waals surface area contributed by atoms with Gasteiger partial charge >= 0.3 is 0 Å². The van der Waals surface area contributed by atoms with Crippen molar-refractivity contribution in [3.05, 3.63) is 20.2 Å². The number of hydrogen-bond acceptors (Lipinski definition) is 6. The lowest BCUT2D eigenvalue weighted by molar-refractivity contribution is 0.278. The summed E-state index contributed by atoms with van der Waals surface area (Å²) in [6.45, 7) is 6.92. The van der Waals surface area contributed by atoms with Crippen LogP contribution >= 0.6 is 33.9 Å². The molecule has 1 atom stereocenters. The molecule has 2 aromatic rings. The predicted octanol–water partition coefficient (Wildman–Crippen LogP) is 2.74. The molecule has 7 heteroatoms. The summed E-state index contributed by atoms with van der Waals surface area (Å²) in [5, 5.41) is 6.00. The first-order valence-electron chi connectivity index (χ1n) is 6.20. The molecule has 0 bridgehead atoms. The van der Waals surface area contributed by atoms with Crippen LogP contribution in [0.4, 0.5) is 0 Å². The summed E-state index contributed by atoms with van der Waals surface area (Å²) in [7, 11) is 0. The van der Waals surface area contributed by atoms with Crippen LogP contribution in [0, 0.1) is 2.88 Å². The molecule has 0 spiro atoms. The van der Waals surface area contributed by atoms with E-state index in [9.17, 15) is 0 Å². The molecule has 0 saturated carbocycles. The van der Waals surface area contributed by atoms with Gasteiger partial charge in [0.25, 0.3) is 5.89 Å². The third-order valence-electron chi connectivity index (χ3n) is 2.94. The van der Waals surface area contributed by atoms with Crippen molar-refractivity contribution >= 4 is 33.9 Å². The minimum absolute atomic E-state index is 0.213. The van der Waals surface area contributed by atoms with Gasteiger partial charge in [-0.1, -0.05) is 19.0 Å². The first kappa shape index (κ1) is 14.9. The van der Waals surface area contributed by atoms with Crippen LogP contribution in [0.25, 0.3) is 11.5 Å². The summed E-state index contributed by atoms with van der Waals surface area (Å²) in [6.07, 6.45) is 0. The van der Waals surface area contributed by atoms with Gasteiger partial charge in [0, 0.05) is 11.9 Å². The maximum atomic E-state index is 6.12.